The largest absolute Gasteiger partial charge is 0.479 e. The Labute approximate surface area is 83.9 Å². The van der Waals surface area contributed by atoms with Gasteiger partial charge in [0, 0.05) is 5.92 Å². The topological polar surface area (TPSA) is 58.9 Å². The number of aliphatic carboxylic acids is 1. The van der Waals surface area contributed by atoms with Gasteiger partial charge in [0.1, 0.15) is 0 Å². The highest BCUT2D eigenvalue weighted by molar-refractivity contribution is 5.84. The Balaban J connectivity index is 2.30. The minimum Gasteiger partial charge on any atom is -0.479 e. The predicted molar refractivity (Wildman–Crippen MR) is 53.3 cm³/mol. The summed E-state index contributed by atoms with van der Waals surface area (Å²) in [4.78, 5) is 14.9. The smallest absolute Gasteiger partial charge is 0.344 e. The van der Waals surface area contributed by atoms with E-state index in [4.69, 9.17) is 9.94 Å². The first kappa shape index (κ1) is 11.0. The van der Waals surface area contributed by atoms with Gasteiger partial charge in [-0.3, -0.25) is 0 Å². The first-order valence-corrected chi connectivity index (χ1v) is 5.08. The van der Waals surface area contributed by atoms with Crippen LogP contribution in [0.3, 0.4) is 0 Å². The fourth-order valence-corrected chi connectivity index (χ4v) is 1.78. The van der Waals surface area contributed by atoms with Crippen LogP contribution in [0.25, 0.3) is 0 Å². The maximum Gasteiger partial charge on any atom is 0.344 e. The summed E-state index contributed by atoms with van der Waals surface area (Å²) >= 11 is 0. The number of nitrogens with zero attached hydrogens (tertiary/aromatic N) is 1. The molecule has 0 aromatic heterocycles. The van der Waals surface area contributed by atoms with Crippen LogP contribution in [0.1, 0.15) is 39.0 Å². The molecule has 0 spiro atoms. The van der Waals surface area contributed by atoms with Crippen molar-refractivity contribution < 1.29 is 14.7 Å². The lowest BCUT2D eigenvalue weighted by Gasteiger charge is -2.20. The molecule has 0 heterocycles. The molecule has 0 aromatic carbocycles. The van der Waals surface area contributed by atoms with Crippen LogP contribution >= 0.6 is 0 Å². The van der Waals surface area contributed by atoms with Gasteiger partial charge in [-0.25, -0.2) is 4.79 Å². The Morgan fingerprint density at radius 2 is 2.07 bits per heavy atom. The molecule has 14 heavy (non-hydrogen) atoms. The second-order valence-electron chi connectivity index (χ2n) is 3.73. The molecule has 4 heteroatoms. The Bertz CT molecular complexity index is 219. The standard InChI is InChI=1S/C10H17NO3/c1-8(11-14-7-10(12)13)9-5-3-2-4-6-9/h9H,2-7H2,1H3,(H,12,13). The van der Waals surface area contributed by atoms with Crippen LogP contribution in [0.15, 0.2) is 5.16 Å². The normalized spacial score (nSPS) is 19.4. The highest BCUT2D eigenvalue weighted by Gasteiger charge is 2.16. The lowest BCUT2D eigenvalue weighted by Crippen LogP contribution is -2.16. The molecule has 0 amide bonds. The number of carboxylic acids is 1. The van der Waals surface area contributed by atoms with Gasteiger partial charge in [0.15, 0.2) is 0 Å². The van der Waals surface area contributed by atoms with Crippen LogP contribution in [0.5, 0.6) is 0 Å². The van der Waals surface area contributed by atoms with E-state index in [0.29, 0.717) is 5.92 Å². The van der Waals surface area contributed by atoms with E-state index in [-0.39, 0.29) is 6.61 Å². The van der Waals surface area contributed by atoms with Gasteiger partial charge in [-0.15, -0.1) is 0 Å². The fourth-order valence-electron chi connectivity index (χ4n) is 1.78. The van der Waals surface area contributed by atoms with Crippen LogP contribution < -0.4 is 0 Å². The number of hydrogen-bond donors (Lipinski definition) is 1. The van der Waals surface area contributed by atoms with E-state index >= 15 is 0 Å². The first-order valence-electron chi connectivity index (χ1n) is 5.08. The van der Waals surface area contributed by atoms with E-state index in [1.165, 1.54) is 19.3 Å². The number of hydrogen-bond acceptors (Lipinski definition) is 3. The quantitative estimate of drug-likeness (QED) is 0.556. The van der Waals surface area contributed by atoms with Gasteiger partial charge in [-0.1, -0.05) is 24.4 Å². The highest BCUT2D eigenvalue weighted by Crippen LogP contribution is 2.24. The highest BCUT2D eigenvalue weighted by atomic mass is 16.6. The van der Waals surface area contributed by atoms with Crippen molar-refractivity contribution in [3.63, 3.8) is 0 Å². The van der Waals surface area contributed by atoms with E-state index in [1.807, 2.05) is 6.92 Å². The molecule has 0 radical (unpaired) electrons. The van der Waals surface area contributed by atoms with Gasteiger partial charge in [0.2, 0.25) is 6.61 Å². The zero-order valence-electron chi connectivity index (χ0n) is 8.53. The molecule has 0 atom stereocenters. The molecule has 1 fully saturated rings. The van der Waals surface area contributed by atoms with Crippen molar-refractivity contribution >= 4 is 11.7 Å². The molecule has 4 nitrogen and oxygen atoms in total. The lowest BCUT2D eigenvalue weighted by atomic mass is 9.86. The van der Waals surface area contributed by atoms with E-state index in [0.717, 1.165) is 18.6 Å². The molecule has 1 rings (SSSR count). The van der Waals surface area contributed by atoms with Crippen molar-refractivity contribution in [2.45, 2.75) is 39.0 Å². The van der Waals surface area contributed by atoms with Crippen LogP contribution in [-0.4, -0.2) is 23.4 Å². The zero-order chi connectivity index (χ0) is 10.4. The summed E-state index contributed by atoms with van der Waals surface area (Å²) in [5.41, 5.74) is 0.936. The SMILES string of the molecule is CC(=NOCC(=O)O)C1CCCCC1. The third-order valence-corrected chi connectivity index (χ3v) is 2.59. The van der Waals surface area contributed by atoms with Crippen molar-refractivity contribution in [2.24, 2.45) is 11.1 Å². The van der Waals surface area contributed by atoms with Crippen LogP contribution in [-0.2, 0) is 9.63 Å². The van der Waals surface area contributed by atoms with E-state index < -0.39 is 5.97 Å². The molecule has 1 aliphatic rings. The number of carboxylic acid groups (broad SMARTS) is 1. The van der Waals surface area contributed by atoms with Crippen molar-refractivity contribution in [3.8, 4) is 0 Å². The van der Waals surface area contributed by atoms with Crippen molar-refractivity contribution in [1.82, 2.24) is 0 Å². The molecule has 1 aliphatic carbocycles. The molecule has 0 saturated heterocycles. The van der Waals surface area contributed by atoms with Gasteiger partial charge in [0.05, 0.1) is 5.71 Å². The molecule has 0 aromatic rings. The Hall–Kier alpha value is -1.06. The maximum absolute atomic E-state index is 10.2. The minimum absolute atomic E-state index is 0.343. The van der Waals surface area contributed by atoms with Gasteiger partial charge in [0.25, 0.3) is 0 Å². The van der Waals surface area contributed by atoms with Gasteiger partial charge < -0.3 is 9.94 Å². The summed E-state index contributed by atoms with van der Waals surface area (Å²) < 4.78 is 0. The van der Waals surface area contributed by atoms with Crippen LogP contribution in [0.2, 0.25) is 0 Å². The number of oxime groups is 1. The molecule has 1 saturated carbocycles. The summed E-state index contributed by atoms with van der Waals surface area (Å²) in [6.45, 7) is 1.57. The third-order valence-electron chi connectivity index (χ3n) is 2.59. The summed E-state index contributed by atoms with van der Waals surface area (Å²) in [6, 6.07) is 0. The second-order valence-corrected chi connectivity index (χ2v) is 3.73. The average Bonchev–Trinajstić information content (AvgIpc) is 2.18. The van der Waals surface area contributed by atoms with Crippen LogP contribution in [0.4, 0.5) is 0 Å². The zero-order valence-corrected chi connectivity index (χ0v) is 8.53. The van der Waals surface area contributed by atoms with E-state index in [9.17, 15) is 4.79 Å². The molecule has 0 bridgehead atoms. The van der Waals surface area contributed by atoms with Gasteiger partial charge >= 0.3 is 5.97 Å². The van der Waals surface area contributed by atoms with E-state index in [2.05, 4.69) is 5.16 Å². The average molecular weight is 199 g/mol. The van der Waals surface area contributed by atoms with Gasteiger partial charge in [-0.05, 0) is 19.8 Å². The Morgan fingerprint density at radius 3 is 2.64 bits per heavy atom. The Morgan fingerprint density at radius 1 is 1.43 bits per heavy atom. The molecule has 80 valence electrons. The lowest BCUT2D eigenvalue weighted by molar-refractivity contribution is -0.142. The summed E-state index contributed by atoms with van der Waals surface area (Å²) in [5.74, 6) is -0.484. The number of rotatable bonds is 4. The third kappa shape index (κ3) is 3.77. The maximum atomic E-state index is 10.2. The molecule has 0 aliphatic heterocycles. The summed E-state index contributed by atoms with van der Waals surface area (Å²) in [5, 5.41) is 12.2. The predicted octanol–water partition coefficient (Wildman–Crippen LogP) is 2.04. The van der Waals surface area contributed by atoms with E-state index in [1.54, 1.807) is 0 Å². The molecule has 1 N–H and O–H groups in total. The van der Waals surface area contributed by atoms with Gasteiger partial charge in [-0.2, -0.15) is 0 Å². The van der Waals surface area contributed by atoms with Crippen LogP contribution in [0, 0.1) is 5.92 Å². The fraction of sp³-hybridized carbons (Fsp3) is 0.800. The second kappa shape index (κ2) is 5.62. The van der Waals surface area contributed by atoms with Crippen molar-refractivity contribution in [1.29, 1.82) is 0 Å². The minimum atomic E-state index is -0.981. The molecular weight excluding hydrogens is 182 g/mol. The first-order chi connectivity index (χ1) is 6.70. The summed E-state index contributed by atoms with van der Waals surface area (Å²) in [7, 11) is 0. The monoisotopic (exact) mass is 199 g/mol. The Kier molecular flexibility index (Phi) is 4.43. The summed E-state index contributed by atoms with van der Waals surface area (Å²) in [6.07, 6.45) is 6.12. The number of carbonyl (C=O) groups is 1. The van der Waals surface area contributed by atoms with Crippen molar-refractivity contribution in [2.75, 3.05) is 6.61 Å². The molecular formula is C10H17NO3. The molecule has 0 unspecified atom stereocenters. The van der Waals surface area contributed by atoms with Crippen molar-refractivity contribution in [3.05, 3.63) is 0 Å².